The van der Waals surface area contributed by atoms with E-state index in [1.807, 2.05) is 24.4 Å². The van der Waals surface area contributed by atoms with Gasteiger partial charge in [-0.2, -0.15) is 5.26 Å². The molecule has 0 saturated heterocycles. The van der Waals surface area contributed by atoms with Crippen LogP contribution in [0.4, 0.5) is 0 Å². The summed E-state index contributed by atoms with van der Waals surface area (Å²) in [4.78, 5) is 4.49. The molecule has 0 radical (unpaired) electrons. The normalized spacial score (nSPS) is 11.1. The summed E-state index contributed by atoms with van der Waals surface area (Å²) in [6, 6.07) is 15.8. The Hall–Kier alpha value is -3.09. The van der Waals surface area contributed by atoms with Gasteiger partial charge < -0.3 is 4.57 Å². The van der Waals surface area contributed by atoms with Gasteiger partial charge in [-0.1, -0.05) is 49.0 Å². The van der Waals surface area contributed by atoms with Crippen LogP contribution in [0.5, 0.6) is 0 Å². The molecule has 2 aromatic carbocycles. The molecule has 4 rings (SSSR count). The Morgan fingerprint density at radius 3 is 2.41 bits per heavy atom. The van der Waals surface area contributed by atoms with Crippen molar-refractivity contribution >= 4 is 46.4 Å². The molecule has 0 amide bonds. The molecule has 0 N–H and O–H groups in total. The predicted octanol–water partition coefficient (Wildman–Crippen LogP) is 4.17. The number of aromatic nitrogens is 2. The van der Waals surface area contributed by atoms with Crippen molar-refractivity contribution in [3.8, 4) is 6.07 Å². The molecule has 132 valence electrons. The molecule has 0 aliphatic rings. The van der Waals surface area contributed by atoms with Gasteiger partial charge in [0.1, 0.15) is 0 Å². The van der Waals surface area contributed by atoms with Crippen LogP contribution in [0.1, 0.15) is 17.5 Å². The van der Waals surface area contributed by atoms with Crippen molar-refractivity contribution in [3.05, 3.63) is 75.5 Å². The summed E-state index contributed by atoms with van der Waals surface area (Å²) in [5.41, 5.74) is 2.39. The monoisotopic (exact) mass is 371 g/mol. The Balaban J connectivity index is 1.60. The van der Waals surface area contributed by atoms with Gasteiger partial charge >= 0.3 is 0 Å². The summed E-state index contributed by atoms with van der Waals surface area (Å²) >= 11 is 6.60. The van der Waals surface area contributed by atoms with E-state index in [9.17, 15) is 0 Å². The summed E-state index contributed by atoms with van der Waals surface area (Å²) in [6.07, 6.45) is 3.53. The van der Waals surface area contributed by atoms with E-state index in [1.54, 1.807) is 12.1 Å². The fourth-order valence-electron chi connectivity index (χ4n) is 3.58. The number of rotatable bonds is 4. The third-order valence-corrected chi connectivity index (χ3v) is 5.48. The van der Waals surface area contributed by atoms with Crippen LogP contribution in [0.15, 0.2) is 48.7 Å². The van der Waals surface area contributed by atoms with Crippen LogP contribution < -0.4 is 10.7 Å². The van der Waals surface area contributed by atoms with E-state index in [-0.39, 0.29) is 0 Å². The number of benzene rings is 2. The summed E-state index contributed by atoms with van der Waals surface area (Å²) in [6.45, 7) is 9.27. The van der Waals surface area contributed by atoms with Gasteiger partial charge in [0.15, 0.2) is 0 Å². The maximum atomic E-state index is 9.11. The molecular weight excluding hydrogens is 354 g/mol. The van der Waals surface area contributed by atoms with Crippen molar-refractivity contribution in [1.82, 2.24) is 9.55 Å². The van der Waals surface area contributed by atoms with Gasteiger partial charge in [0.25, 0.3) is 0 Å². The molecule has 0 atom stereocenters. The topological polar surface area (TPSA) is 41.6 Å². The molecule has 0 fully saturated rings. The minimum atomic E-state index is 0.589. The summed E-state index contributed by atoms with van der Waals surface area (Å²) in [5, 5.41) is 14.9. The number of hydrogen-bond donors (Lipinski definition) is 0. The molecule has 2 heterocycles. The third-order valence-electron chi connectivity index (χ3n) is 5.03. The fourth-order valence-corrected chi connectivity index (χ4v) is 3.88. The van der Waals surface area contributed by atoms with Crippen LogP contribution in [-0.4, -0.2) is 9.55 Å². The van der Waals surface area contributed by atoms with Crippen molar-refractivity contribution in [2.75, 3.05) is 0 Å². The zero-order valence-corrected chi connectivity index (χ0v) is 15.6. The summed E-state index contributed by atoms with van der Waals surface area (Å²) in [7, 11) is 0. The molecule has 4 heteroatoms. The highest BCUT2D eigenvalue weighted by Crippen LogP contribution is 2.27. The van der Waals surface area contributed by atoms with Crippen LogP contribution in [0.2, 0.25) is 5.02 Å². The zero-order valence-electron chi connectivity index (χ0n) is 14.9. The highest BCUT2D eigenvalue weighted by molar-refractivity contribution is 6.36. The lowest BCUT2D eigenvalue weighted by atomic mass is 10.1. The first kappa shape index (κ1) is 17.3. The lowest BCUT2D eigenvalue weighted by molar-refractivity contribution is 0.623. The number of pyridine rings is 1. The quantitative estimate of drug-likeness (QED) is 0.540. The molecule has 0 aliphatic heterocycles. The standard InChI is InChI=1S/C23H18ClN3/c1-15-19-7-3-4-8-20(19)16(2)27(15)11-5-6-18-14-26-22-10-9-17(13-25)12-21(22)23(18)24/h3-4,7-10,12,14H,1-2,5-6,11H2. The van der Waals surface area contributed by atoms with E-state index in [0.29, 0.717) is 10.6 Å². The Kier molecular flexibility index (Phi) is 4.43. The average Bonchev–Trinajstić information content (AvgIpc) is 2.94. The van der Waals surface area contributed by atoms with Crippen LogP contribution in [-0.2, 0) is 13.0 Å². The number of fused-ring (bicyclic) bond motifs is 2. The molecule has 0 saturated carbocycles. The highest BCUT2D eigenvalue weighted by Gasteiger charge is 2.09. The molecule has 3 nitrogen and oxygen atoms in total. The van der Waals surface area contributed by atoms with Crippen molar-refractivity contribution in [2.24, 2.45) is 0 Å². The van der Waals surface area contributed by atoms with Gasteiger partial charge in [-0.3, -0.25) is 4.98 Å². The molecule has 27 heavy (non-hydrogen) atoms. The Bertz CT molecular complexity index is 1260. The number of halogens is 1. The van der Waals surface area contributed by atoms with E-state index in [0.717, 1.165) is 57.3 Å². The number of aryl methyl sites for hydroxylation is 1. The number of nitriles is 1. The Morgan fingerprint density at radius 1 is 1.04 bits per heavy atom. The maximum Gasteiger partial charge on any atom is 0.0991 e. The fraction of sp³-hybridized carbons (Fsp3) is 0.130. The van der Waals surface area contributed by atoms with Crippen LogP contribution in [0.25, 0.3) is 34.8 Å². The second-order valence-corrected chi connectivity index (χ2v) is 7.01. The molecule has 0 unspecified atom stereocenters. The van der Waals surface area contributed by atoms with E-state index in [2.05, 4.69) is 40.9 Å². The van der Waals surface area contributed by atoms with Crippen LogP contribution >= 0.6 is 11.6 Å². The first-order valence-electron chi connectivity index (χ1n) is 8.82. The predicted molar refractivity (Wildman–Crippen MR) is 112 cm³/mol. The van der Waals surface area contributed by atoms with Crippen molar-refractivity contribution in [3.63, 3.8) is 0 Å². The molecule has 4 aromatic rings. The summed E-state index contributed by atoms with van der Waals surface area (Å²) < 4.78 is 2.17. The first-order valence-corrected chi connectivity index (χ1v) is 9.20. The third kappa shape index (κ3) is 2.99. The van der Waals surface area contributed by atoms with Gasteiger partial charge in [0, 0.05) is 39.6 Å². The highest BCUT2D eigenvalue weighted by atomic mass is 35.5. The van der Waals surface area contributed by atoms with Crippen molar-refractivity contribution in [1.29, 1.82) is 5.26 Å². The lowest BCUT2D eigenvalue weighted by Gasteiger charge is -2.09. The van der Waals surface area contributed by atoms with E-state index < -0.39 is 0 Å². The summed E-state index contributed by atoms with van der Waals surface area (Å²) in [5.74, 6) is 0. The lowest BCUT2D eigenvalue weighted by Crippen LogP contribution is -2.25. The average molecular weight is 372 g/mol. The molecule has 0 bridgehead atoms. The Labute approximate surface area is 162 Å². The van der Waals surface area contributed by atoms with Gasteiger partial charge in [0.05, 0.1) is 22.2 Å². The number of nitrogens with zero attached hydrogens (tertiary/aromatic N) is 3. The van der Waals surface area contributed by atoms with Gasteiger partial charge in [-0.15, -0.1) is 0 Å². The van der Waals surface area contributed by atoms with E-state index in [4.69, 9.17) is 16.9 Å². The van der Waals surface area contributed by atoms with Crippen molar-refractivity contribution in [2.45, 2.75) is 19.4 Å². The van der Waals surface area contributed by atoms with E-state index >= 15 is 0 Å². The van der Waals surface area contributed by atoms with Crippen molar-refractivity contribution < 1.29 is 0 Å². The molecule has 0 spiro atoms. The second-order valence-electron chi connectivity index (χ2n) is 6.64. The Morgan fingerprint density at radius 2 is 1.74 bits per heavy atom. The zero-order chi connectivity index (χ0) is 19.0. The maximum absolute atomic E-state index is 9.11. The molecular formula is C23H18ClN3. The number of hydrogen-bond acceptors (Lipinski definition) is 2. The van der Waals surface area contributed by atoms with Crippen LogP contribution in [0.3, 0.4) is 0 Å². The molecule has 0 aliphatic carbocycles. The van der Waals surface area contributed by atoms with E-state index in [1.165, 1.54) is 0 Å². The smallest absolute Gasteiger partial charge is 0.0991 e. The molecule has 2 aromatic heterocycles. The van der Waals surface area contributed by atoms with Gasteiger partial charge in [0.2, 0.25) is 0 Å². The minimum Gasteiger partial charge on any atom is -0.341 e. The largest absolute Gasteiger partial charge is 0.341 e. The SMILES string of the molecule is C=c1c2ccccc2c(=C)n1CCCc1cnc2ccc(C#N)cc2c1Cl. The minimum absolute atomic E-state index is 0.589. The van der Waals surface area contributed by atoms with Gasteiger partial charge in [-0.05, 0) is 36.6 Å². The van der Waals surface area contributed by atoms with Gasteiger partial charge in [-0.25, -0.2) is 0 Å². The first-order chi connectivity index (χ1) is 13.1. The van der Waals surface area contributed by atoms with Crippen LogP contribution in [0, 0.1) is 11.3 Å². The second kappa shape index (κ2) is 6.90.